The third-order valence-electron chi connectivity index (χ3n) is 7.31. The minimum absolute atomic E-state index is 0.0852. The van der Waals surface area contributed by atoms with Gasteiger partial charge in [0.15, 0.2) is 9.84 Å². The van der Waals surface area contributed by atoms with Crippen molar-refractivity contribution in [2.24, 2.45) is 5.92 Å². The first-order valence-electron chi connectivity index (χ1n) is 12.4. The fourth-order valence-electron chi connectivity index (χ4n) is 5.48. The average Bonchev–Trinajstić information content (AvgIpc) is 3.21. The SMILES string of the molecule is C[C@@H]1C[C@H](COc2ccc(S(=O)(=O)CCCS(C)(=O)=O)cc2)CN1[C@@H]1CCc2ccc(C#N)cc2C1. The van der Waals surface area contributed by atoms with E-state index in [0.29, 0.717) is 30.4 Å². The van der Waals surface area contributed by atoms with Crippen LogP contribution >= 0.6 is 0 Å². The van der Waals surface area contributed by atoms with Crippen LogP contribution in [-0.2, 0) is 32.5 Å². The number of hydrogen-bond acceptors (Lipinski definition) is 7. The third kappa shape index (κ3) is 6.67. The molecule has 0 unspecified atom stereocenters. The number of rotatable bonds is 9. The summed E-state index contributed by atoms with van der Waals surface area (Å²) < 4.78 is 53.5. The number of nitrogens with zero attached hydrogens (tertiary/aromatic N) is 2. The van der Waals surface area contributed by atoms with E-state index in [0.717, 1.165) is 44.0 Å². The molecule has 2 aliphatic rings. The van der Waals surface area contributed by atoms with Gasteiger partial charge < -0.3 is 4.74 Å². The zero-order chi connectivity index (χ0) is 25.9. The smallest absolute Gasteiger partial charge is 0.178 e. The van der Waals surface area contributed by atoms with Gasteiger partial charge >= 0.3 is 0 Å². The van der Waals surface area contributed by atoms with Crippen LogP contribution in [0.5, 0.6) is 5.75 Å². The number of ether oxygens (including phenoxy) is 1. The van der Waals surface area contributed by atoms with Crippen LogP contribution < -0.4 is 4.74 Å². The fourth-order valence-corrected chi connectivity index (χ4v) is 7.64. The Kier molecular flexibility index (Phi) is 8.08. The van der Waals surface area contributed by atoms with Crippen LogP contribution in [0.2, 0.25) is 0 Å². The molecule has 1 aliphatic heterocycles. The minimum Gasteiger partial charge on any atom is -0.493 e. The molecule has 7 nitrogen and oxygen atoms in total. The van der Waals surface area contributed by atoms with Crippen LogP contribution in [0.3, 0.4) is 0 Å². The van der Waals surface area contributed by atoms with Crippen LogP contribution in [0.4, 0.5) is 0 Å². The molecule has 194 valence electrons. The van der Waals surface area contributed by atoms with Crippen LogP contribution in [-0.4, -0.2) is 64.7 Å². The maximum absolute atomic E-state index is 12.5. The molecule has 1 heterocycles. The Balaban J connectivity index is 1.29. The first-order valence-corrected chi connectivity index (χ1v) is 16.2. The molecule has 1 aliphatic carbocycles. The monoisotopic (exact) mass is 530 g/mol. The van der Waals surface area contributed by atoms with Gasteiger partial charge in [0, 0.05) is 30.8 Å². The van der Waals surface area contributed by atoms with Gasteiger partial charge in [0.05, 0.1) is 34.6 Å². The van der Waals surface area contributed by atoms with Crippen molar-refractivity contribution in [2.75, 3.05) is 30.9 Å². The van der Waals surface area contributed by atoms with Gasteiger partial charge in [0.2, 0.25) is 0 Å². The molecule has 2 aromatic carbocycles. The summed E-state index contributed by atoms with van der Waals surface area (Å²) in [5.41, 5.74) is 3.38. The molecule has 4 rings (SSSR count). The summed E-state index contributed by atoms with van der Waals surface area (Å²) in [7, 11) is -6.71. The first-order chi connectivity index (χ1) is 17.0. The number of hydrogen-bond donors (Lipinski definition) is 0. The molecular weight excluding hydrogens is 496 g/mol. The van der Waals surface area contributed by atoms with Crippen molar-refractivity contribution in [3.63, 3.8) is 0 Å². The molecular formula is C27H34N2O5S2. The zero-order valence-electron chi connectivity index (χ0n) is 20.9. The number of likely N-dealkylation sites (tertiary alicyclic amines) is 1. The highest BCUT2D eigenvalue weighted by molar-refractivity contribution is 7.92. The second-order valence-corrected chi connectivity index (χ2v) is 14.6. The summed E-state index contributed by atoms with van der Waals surface area (Å²) in [5, 5.41) is 9.24. The Hall–Kier alpha value is -2.41. The van der Waals surface area contributed by atoms with Gasteiger partial charge in [-0.3, -0.25) is 4.90 Å². The quantitative estimate of drug-likeness (QED) is 0.489. The topological polar surface area (TPSA) is 105 Å². The summed E-state index contributed by atoms with van der Waals surface area (Å²) >= 11 is 0. The molecule has 0 spiro atoms. The Bertz CT molecular complexity index is 1330. The number of fused-ring (bicyclic) bond motifs is 1. The molecule has 2 aromatic rings. The van der Waals surface area contributed by atoms with Crippen molar-refractivity contribution in [3.8, 4) is 11.8 Å². The molecule has 1 fully saturated rings. The molecule has 0 aromatic heterocycles. The van der Waals surface area contributed by atoms with E-state index in [9.17, 15) is 22.1 Å². The summed E-state index contributed by atoms with van der Waals surface area (Å²) in [6.45, 7) is 3.81. The number of nitriles is 1. The van der Waals surface area contributed by atoms with Crippen LogP contribution in [0.15, 0.2) is 47.4 Å². The predicted octanol–water partition coefficient (Wildman–Crippen LogP) is 3.41. The Morgan fingerprint density at radius 2 is 1.81 bits per heavy atom. The first kappa shape index (κ1) is 26.6. The standard InChI is InChI=1S/C27H34N2O5S2/c1-20-14-22(18-29(20)25-7-6-23-5-4-21(17-28)15-24(23)16-25)19-34-26-8-10-27(11-9-26)36(32,33)13-3-12-35(2,30)31/h4-5,8-11,15,20,22,25H,3,6-7,12-14,16,18-19H2,1-2H3/t20-,22+,25-/m1/s1. The van der Waals surface area contributed by atoms with Crippen LogP contribution in [0, 0.1) is 17.2 Å². The van der Waals surface area contributed by atoms with Gasteiger partial charge in [0.1, 0.15) is 15.6 Å². The van der Waals surface area contributed by atoms with Crippen molar-refractivity contribution in [3.05, 3.63) is 59.2 Å². The van der Waals surface area contributed by atoms with Gasteiger partial charge in [0.25, 0.3) is 0 Å². The van der Waals surface area contributed by atoms with Crippen LogP contribution in [0.1, 0.15) is 42.9 Å². The van der Waals surface area contributed by atoms with E-state index in [1.807, 2.05) is 12.1 Å². The molecule has 0 amide bonds. The minimum atomic E-state index is -3.53. The number of sulfone groups is 2. The van der Waals surface area contributed by atoms with E-state index < -0.39 is 19.7 Å². The Morgan fingerprint density at radius 1 is 1.06 bits per heavy atom. The van der Waals surface area contributed by atoms with E-state index in [2.05, 4.69) is 24.0 Å². The Labute approximate surface area is 214 Å². The second-order valence-electron chi connectivity index (χ2n) is 10.2. The normalized spacial score (nSPS) is 22.6. The fraction of sp³-hybridized carbons (Fsp3) is 0.519. The lowest BCUT2D eigenvalue weighted by molar-refractivity contribution is 0.164. The Morgan fingerprint density at radius 3 is 2.50 bits per heavy atom. The molecule has 36 heavy (non-hydrogen) atoms. The van der Waals surface area contributed by atoms with Crippen molar-refractivity contribution >= 4 is 19.7 Å². The lowest BCUT2D eigenvalue weighted by atomic mass is 9.86. The van der Waals surface area contributed by atoms with Gasteiger partial charge in [-0.1, -0.05) is 6.07 Å². The van der Waals surface area contributed by atoms with Gasteiger partial charge in [-0.2, -0.15) is 5.26 Å². The molecule has 0 N–H and O–H groups in total. The molecule has 1 saturated heterocycles. The van der Waals surface area contributed by atoms with Gasteiger partial charge in [-0.05, 0) is 86.6 Å². The summed E-state index contributed by atoms with van der Waals surface area (Å²) in [5.74, 6) is 0.691. The summed E-state index contributed by atoms with van der Waals surface area (Å²) in [6, 6.07) is 15.6. The third-order valence-corrected chi connectivity index (χ3v) is 10.2. The highest BCUT2D eigenvalue weighted by Crippen LogP contribution is 2.32. The van der Waals surface area contributed by atoms with Crippen LogP contribution in [0.25, 0.3) is 0 Å². The molecule has 9 heteroatoms. The highest BCUT2D eigenvalue weighted by Gasteiger charge is 2.35. The predicted molar refractivity (Wildman–Crippen MR) is 140 cm³/mol. The summed E-state index contributed by atoms with van der Waals surface area (Å²) in [4.78, 5) is 2.77. The van der Waals surface area contributed by atoms with E-state index in [4.69, 9.17) is 4.74 Å². The van der Waals surface area contributed by atoms with Crippen molar-refractivity contribution < 1.29 is 21.6 Å². The van der Waals surface area contributed by atoms with Gasteiger partial charge in [-0.25, -0.2) is 16.8 Å². The molecule has 3 atom stereocenters. The van der Waals surface area contributed by atoms with Crippen molar-refractivity contribution in [1.82, 2.24) is 4.90 Å². The number of aryl methyl sites for hydroxylation is 1. The number of benzene rings is 2. The zero-order valence-corrected chi connectivity index (χ0v) is 22.5. The van der Waals surface area contributed by atoms with Crippen molar-refractivity contribution in [1.29, 1.82) is 5.26 Å². The van der Waals surface area contributed by atoms with E-state index in [1.165, 1.54) is 23.3 Å². The maximum Gasteiger partial charge on any atom is 0.178 e. The maximum atomic E-state index is 12.5. The largest absolute Gasteiger partial charge is 0.493 e. The lowest BCUT2D eigenvalue weighted by Gasteiger charge is -2.35. The molecule has 0 saturated carbocycles. The molecule has 0 radical (unpaired) electrons. The van der Waals surface area contributed by atoms with Crippen molar-refractivity contribution in [2.45, 2.75) is 56.0 Å². The van der Waals surface area contributed by atoms with Gasteiger partial charge in [-0.15, -0.1) is 0 Å². The average molecular weight is 531 g/mol. The van der Waals surface area contributed by atoms with E-state index in [-0.39, 0.29) is 22.8 Å². The van der Waals surface area contributed by atoms with E-state index in [1.54, 1.807) is 12.1 Å². The lowest BCUT2D eigenvalue weighted by Crippen LogP contribution is -2.41. The summed E-state index contributed by atoms with van der Waals surface area (Å²) in [6.07, 6.45) is 5.38. The van der Waals surface area contributed by atoms with E-state index >= 15 is 0 Å². The highest BCUT2D eigenvalue weighted by atomic mass is 32.2. The second kappa shape index (κ2) is 10.9. The molecule has 0 bridgehead atoms.